The number of ether oxygens (including phenoxy) is 1. The van der Waals surface area contributed by atoms with Crippen molar-refractivity contribution in [1.29, 1.82) is 0 Å². The highest BCUT2D eigenvalue weighted by Gasteiger charge is 2.62. The Labute approximate surface area is 157 Å². The summed E-state index contributed by atoms with van der Waals surface area (Å²) in [6.45, 7) is 1.70. The molecule has 3 fully saturated rings. The molecule has 0 radical (unpaired) electrons. The lowest BCUT2D eigenvalue weighted by atomic mass is 9.90. The Balaban J connectivity index is 1.55. The Kier molecular flexibility index (Phi) is 3.77. The minimum atomic E-state index is -0.410. The van der Waals surface area contributed by atoms with Crippen LogP contribution < -0.4 is 9.64 Å². The third-order valence-corrected chi connectivity index (χ3v) is 5.88. The highest BCUT2D eigenvalue weighted by Crippen LogP contribution is 2.48. The highest BCUT2D eigenvalue weighted by atomic mass is 16.5. The summed E-state index contributed by atoms with van der Waals surface area (Å²) >= 11 is 0. The van der Waals surface area contributed by atoms with Crippen molar-refractivity contribution >= 4 is 17.5 Å². The number of carbonyl (C=O) groups is 2. The van der Waals surface area contributed by atoms with Crippen molar-refractivity contribution in [3.63, 3.8) is 0 Å². The minimum absolute atomic E-state index is 0.0848. The number of amides is 2. The van der Waals surface area contributed by atoms with Crippen LogP contribution in [0.3, 0.4) is 0 Å². The van der Waals surface area contributed by atoms with Gasteiger partial charge in [0.1, 0.15) is 11.8 Å². The molecule has 6 heteroatoms. The fraction of sp³-hybridized carbons (Fsp3) is 0.333. The molecule has 0 spiro atoms. The molecular weight excluding hydrogens is 342 g/mol. The van der Waals surface area contributed by atoms with Gasteiger partial charge in [-0.15, -0.1) is 0 Å². The number of rotatable bonds is 3. The quantitative estimate of drug-likeness (QED) is 0.783. The number of fused-ring (bicyclic) bond motifs is 3. The van der Waals surface area contributed by atoms with E-state index in [-0.39, 0.29) is 23.8 Å². The molecule has 5 rings (SSSR count). The minimum Gasteiger partial charge on any atom is -0.497 e. The number of hydrogen-bond donors (Lipinski definition) is 0. The number of benzene rings is 2. The molecule has 0 aliphatic carbocycles. The Hall–Kier alpha value is -2.70. The Morgan fingerprint density at radius 1 is 0.852 bits per heavy atom. The molecule has 6 nitrogen and oxygen atoms in total. The SMILES string of the molecule is COc1ccc(N2C(=O)[C@@H]3[C@@H](C2=O)N2CCCN2[C@H]3c2ccccc2)cc1. The average molecular weight is 363 g/mol. The molecule has 0 bridgehead atoms. The topological polar surface area (TPSA) is 53.1 Å². The molecule has 2 aromatic carbocycles. The normalized spacial score (nSPS) is 27.9. The molecular formula is C21H21N3O3. The maximum absolute atomic E-state index is 13.4. The van der Waals surface area contributed by atoms with Crippen LogP contribution in [0.2, 0.25) is 0 Å². The van der Waals surface area contributed by atoms with Crippen LogP contribution in [-0.2, 0) is 9.59 Å². The lowest BCUT2D eigenvalue weighted by molar-refractivity contribution is -0.126. The third kappa shape index (κ3) is 2.33. The van der Waals surface area contributed by atoms with E-state index in [0.29, 0.717) is 11.4 Å². The highest BCUT2D eigenvalue weighted by molar-refractivity contribution is 6.24. The molecule has 27 heavy (non-hydrogen) atoms. The number of nitrogens with zero attached hydrogens (tertiary/aromatic N) is 3. The second-order valence-electron chi connectivity index (χ2n) is 7.22. The molecule has 3 aliphatic rings. The van der Waals surface area contributed by atoms with E-state index in [0.717, 1.165) is 25.1 Å². The molecule has 0 N–H and O–H groups in total. The molecule has 3 saturated heterocycles. The van der Waals surface area contributed by atoms with E-state index in [1.807, 2.05) is 18.2 Å². The summed E-state index contributed by atoms with van der Waals surface area (Å²) in [5.41, 5.74) is 1.70. The molecule has 0 aromatic heterocycles. The number of imide groups is 1. The van der Waals surface area contributed by atoms with Gasteiger partial charge in [-0.2, -0.15) is 0 Å². The van der Waals surface area contributed by atoms with Crippen molar-refractivity contribution in [3.8, 4) is 5.75 Å². The number of hydrogen-bond acceptors (Lipinski definition) is 5. The smallest absolute Gasteiger partial charge is 0.253 e. The van der Waals surface area contributed by atoms with Crippen LogP contribution in [0.25, 0.3) is 0 Å². The first-order chi connectivity index (χ1) is 13.2. The van der Waals surface area contributed by atoms with E-state index in [2.05, 4.69) is 22.2 Å². The van der Waals surface area contributed by atoms with Gasteiger partial charge in [0.15, 0.2) is 0 Å². The fourth-order valence-electron chi connectivity index (χ4n) is 4.75. The van der Waals surface area contributed by atoms with Crippen molar-refractivity contribution in [2.45, 2.75) is 18.5 Å². The van der Waals surface area contributed by atoms with Gasteiger partial charge in [-0.1, -0.05) is 30.3 Å². The summed E-state index contributed by atoms with van der Waals surface area (Å²) in [6.07, 6.45) is 1.01. The second-order valence-corrected chi connectivity index (χ2v) is 7.22. The van der Waals surface area contributed by atoms with E-state index in [9.17, 15) is 9.59 Å². The first kappa shape index (κ1) is 16.5. The summed E-state index contributed by atoms with van der Waals surface area (Å²) in [4.78, 5) is 28.0. The van der Waals surface area contributed by atoms with E-state index in [1.54, 1.807) is 31.4 Å². The van der Waals surface area contributed by atoms with Crippen molar-refractivity contribution in [2.75, 3.05) is 25.1 Å². The lowest BCUT2D eigenvalue weighted by Gasteiger charge is -2.29. The summed E-state index contributed by atoms with van der Waals surface area (Å²) in [5.74, 6) is 0.0899. The van der Waals surface area contributed by atoms with Crippen molar-refractivity contribution in [2.24, 2.45) is 5.92 Å². The van der Waals surface area contributed by atoms with E-state index < -0.39 is 6.04 Å². The maximum Gasteiger partial charge on any atom is 0.253 e. The maximum atomic E-state index is 13.4. The monoisotopic (exact) mass is 363 g/mol. The zero-order chi connectivity index (χ0) is 18.5. The van der Waals surface area contributed by atoms with Crippen LogP contribution in [0.15, 0.2) is 54.6 Å². The zero-order valence-electron chi connectivity index (χ0n) is 15.1. The Morgan fingerprint density at radius 2 is 1.52 bits per heavy atom. The van der Waals surface area contributed by atoms with Gasteiger partial charge in [0.25, 0.3) is 5.91 Å². The third-order valence-electron chi connectivity index (χ3n) is 5.88. The van der Waals surface area contributed by atoms with Crippen LogP contribution in [0, 0.1) is 5.92 Å². The molecule has 3 atom stereocenters. The van der Waals surface area contributed by atoms with E-state index >= 15 is 0 Å². The molecule has 138 valence electrons. The van der Waals surface area contributed by atoms with Crippen LogP contribution in [-0.4, -0.2) is 48.1 Å². The number of anilines is 1. The average Bonchev–Trinajstić information content (AvgIpc) is 3.35. The Bertz CT molecular complexity index is 883. The summed E-state index contributed by atoms with van der Waals surface area (Å²) < 4.78 is 5.19. The molecule has 0 unspecified atom stereocenters. The fourth-order valence-corrected chi connectivity index (χ4v) is 4.75. The zero-order valence-corrected chi connectivity index (χ0v) is 15.1. The van der Waals surface area contributed by atoms with Crippen LogP contribution in [0.1, 0.15) is 18.0 Å². The second kappa shape index (κ2) is 6.18. The van der Waals surface area contributed by atoms with Crippen molar-refractivity contribution in [3.05, 3.63) is 60.2 Å². The Morgan fingerprint density at radius 3 is 2.19 bits per heavy atom. The van der Waals surface area contributed by atoms with Gasteiger partial charge in [-0.05, 0) is 36.2 Å². The number of hydrazine groups is 1. The van der Waals surface area contributed by atoms with Gasteiger partial charge in [-0.3, -0.25) is 9.59 Å². The van der Waals surface area contributed by atoms with Crippen LogP contribution in [0.4, 0.5) is 5.69 Å². The summed E-state index contributed by atoms with van der Waals surface area (Å²) in [6, 6.07) is 16.7. The van der Waals surface area contributed by atoms with Gasteiger partial charge < -0.3 is 4.74 Å². The summed E-state index contributed by atoms with van der Waals surface area (Å²) in [5, 5.41) is 4.35. The lowest BCUT2D eigenvalue weighted by Crippen LogP contribution is -2.44. The standard InChI is InChI=1S/C21H21N3O3/c1-27-16-10-8-15(9-11-16)24-20(25)17-18(14-6-3-2-4-7-14)22-12-5-13-23(22)19(17)21(24)26/h2-4,6-11,17-19H,5,12-13H2,1H3/t17-,18-,19-/m0/s1. The van der Waals surface area contributed by atoms with Crippen molar-refractivity contribution in [1.82, 2.24) is 10.0 Å². The van der Waals surface area contributed by atoms with Gasteiger partial charge in [0.05, 0.1) is 24.8 Å². The molecule has 2 aromatic rings. The predicted molar refractivity (Wildman–Crippen MR) is 100.0 cm³/mol. The largest absolute Gasteiger partial charge is 0.497 e. The first-order valence-corrected chi connectivity index (χ1v) is 9.31. The number of methoxy groups -OCH3 is 1. The first-order valence-electron chi connectivity index (χ1n) is 9.31. The van der Waals surface area contributed by atoms with Gasteiger partial charge in [0.2, 0.25) is 5.91 Å². The predicted octanol–water partition coefficient (Wildman–Crippen LogP) is 2.23. The van der Waals surface area contributed by atoms with Gasteiger partial charge >= 0.3 is 0 Å². The van der Waals surface area contributed by atoms with E-state index in [4.69, 9.17) is 4.74 Å². The molecule has 3 aliphatic heterocycles. The van der Waals surface area contributed by atoms with Crippen LogP contribution >= 0.6 is 0 Å². The van der Waals surface area contributed by atoms with Gasteiger partial charge in [0, 0.05) is 13.1 Å². The van der Waals surface area contributed by atoms with E-state index in [1.165, 1.54) is 4.90 Å². The van der Waals surface area contributed by atoms with Crippen molar-refractivity contribution < 1.29 is 14.3 Å². The van der Waals surface area contributed by atoms with Gasteiger partial charge in [-0.25, -0.2) is 14.9 Å². The molecule has 2 amide bonds. The molecule has 0 saturated carbocycles. The van der Waals surface area contributed by atoms with Crippen LogP contribution in [0.5, 0.6) is 5.75 Å². The number of carbonyl (C=O) groups excluding carboxylic acids is 2. The molecule has 3 heterocycles. The summed E-state index contributed by atoms with van der Waals surface area (Å²) in [7, 11) is 1.60.